The third-order valence-electron chi connectivity index (χ3n) is 4.17. The smallest absolute Gasteiger partial charge is 0.312 e. The first kappa shape index (κ1) is 10.7. The molecule has 0 spiro atoms. The molecule has 4 nitrogen and oxygen atoms in total. The van der Waals surface area contributed by atoms with E-state index in [0.717, 1.165) is 18.4 Å². The molecule has 1 aromatic heterocycles. The second-order valence-corrected chi connectivity index (χ2v) is 4.88. The molecular weight excluding hydrogens is 218 g/mol. The second-order valence-electron chi connectivity index (χ2n) is 4.88. The number of ether oxygens (including phenoxy) is 2. The van der Waals surface area contributed by atoms with Gasteiger partial charge in [-0.3, -0.25) is 9.78 Å². The van der Waals surface area contributed by atoms with Crippen molar-refractivity contribution in [3.8, 4) is 0 Å². The summed E-state index contributed by atoms with van der Waals surface area (Å²) in [5.41, 5.74) is 0.589. The van der Waals surface area contributed by atoms with Crippen molar-refractivity contribution in [2.45, 2.75) is 18.3 Å². The molecule has 0 N–H and O–H groups in total. The minimum Gasteiger partial charge on any atom is -0.469 e. The molecule has 1 aliphatic heterocycles. The summed E-state index contributed by atoms with van der Waals surface area (Å²) in [5.74, 6) is -0.0994. The third-order valence-corrected chi connectivity index (χ3v) is 4.17. The summed E-state index contributed by atoms with van der Waals surface area (Å²) < 4.78 is 10.4. The molecule has 1 saturated carbocycles. The minimum absolute atomic E-state index is 0.0994. The monoisotopic (exact) mass is 233 g/mol. The quantitative estimate of drug-likeness (QED) is 0.738. The molecular formula is C13H15NO3. The van der Waals surface area contributed by atoms with Crippen molar-refractivity contribution in [3.63, 3.8) is 0 Å². The highest BCUT2D eigenvalue weighted by molar-refractivity contribution is 5.82. The molecule has 0 radical (unpaired) electrons. The van der Waals surface area contributed by atoms with Crippen molar-refractivity contribution >= 4 is 5.97 Å². The van der Waals surface area contributed by atoms with E-state index >= 15 is 0 Å². The van der Waals surface area contributed by atoms with Crippen LogP contribution in [-0.2, 0) is 19.7 Å². The fraction of sp³-hybridized carbons (Fsp3) is 0.538. The van der Waals surface area contributed by atoms with E-state index < -0.39 is 0 Å². The van der Waals surface area contributed by atoms with Gasteiger partial charge in [-0.1, -0.05) is 0 Å². The second kappa shape index (κ2) is 3.53. The van der Waals surface area contributed by atoms with Crippen LogP contribution in [0.5, 0.6) is 0 Å². The maximum absolute atomic E-state index is 12.0. The number of carbonyl (C=O) groups is 1. The molecule has 1 saturated heterocycles. The van der Waals surface area contributed by atoms with Crippen molar-refractivity contribution in [2.75, 3.05) is 20.3 Å². The number of esters is 1. The van der Waals surface area contributed by atoms with Crippen molar-refractivity contribution in [1.29, 1.82) is 0 Å². The van der Waals surface area contributed by atoms with Gasteiger partial charge in [-0.2, -0.15) is 0 Å². The van der Waals surface area contributed by atoms with Gasteiger partial charge in [0.25, 0.3) is 0 Å². The van der Waals surface area contributed by atoms with Crippen LogP contribution in [0.2, 0.25) is 0 Å². The fourth-order valence-corrected chi connectivity index (χ4v) is 2.89. The van der Waals surface area contributed by atoms with Crippen LogP contribution in [0.25, 0.3) is 0 Å². The standard InChI is InChI=1S/C13H15NO3/c1-16-11(15)12(4-5-12)13(8-17-9-13)10-2-6-14-7-3-10/h2-3,6-7H,4-5,8-9H2,1H3. The van der Waals surface area contributed by atoms with Gasteiger partial charge in [0, 0.05) is 12.4 Å². The van der Waals surface area contributed by atoms with Crippen molar-refractivity contribution in [3.05, 3.63) is 30.1 Å². The number of aromatic nitrogens is 1. The average molecular weight is 233 g/mol. The van der Waals surface area contributed by atoms with E-state index in [1.807, 2.05) is 12.1 Å². The van der Waals surface area contributed by atoms with E-state index in [2.05, 4.69) is 4.98 Å². The molecule has 0 amide bonds. The number of carbonyl (C=O) groups excluding carboxylic acids is 1. The Balaban J connectivity index is 2.01. The Kier molecular flexibility index (Phi) is 2.23. The summed E-state index contributed by atoms with van der Waals surface area (Å²) in [6, 6.07) is 3.96. The molecule has 1 aromatic rings. The molecule has 90 valence electrons. The van der Waals surface area contributed by atoms with E-state index in [9.17, 15) is 4.79 Å². The largest absolute Gasteiger partial charge is 0.469 e. The lowest BCUT2D eigenvalue weighted by atomic mass is 9.66. The molecule has 0 aromatic carbocycles. The van der Waals surface area contributed by atoms with Crippen LogP contribution >= 0.6 is 0 Å². The number of hydrogen-bond acceptors (Lipinski definition) is 4. The Labute approximate surface area is 99.9 Å². The number of rotatable bonds is 3. The first-order valence-electron chi connectivity index (χ1n) is 5.82. The Morgan fingerprint density at radius 1 is 1.35 bits per heavy atom. The predicted molar refractivity (Wildman–Crippen MR) is 60.4 cm³/mol. The van der Waals surface area contributed by atoms with Crippen LogP contribution in [0.15, 0.2) is 24.5 Å². The van der Waals surface area contributed by atoms with Crippen molar-refractivity contribution in [1.82, 2.24) is 4.98 Å². The van der Waals surface area contributed by atoms with Gasteiger partial charge in [-0.05, 0) is 30.5 Å². The Hall–Kier alpha value is -1.42. The van der Waals surface area contributed by atoms with Crippen LogP contribution in [0, 0.1) is 5.41 Å². The average Bonchev–Trinajstić information content (AvgIpc) is 3.10. The molecule has 0 bridgehead atoms. The Morgan fingerprint density at radius 3 is 2.41 bits per heavy atom. The summed E-state index contributed by atoms with van der Waals surface area (Å²) in [6.07, 6.45) is 5.32. The number of hydrogen-bond donors (Lipinski definition) is 0. The van der Waals surface area contributed by atoms with Gasteiger partial charge in [0.1, 0.15) is 0 Å². The van der Waals surface area contributed by atoms with E-state index in [0.29, 0.717) is 13.2 Å². The number of methoxy groups -OCH3 is 1. The molecule has 4 heteroatoms. The van der Waals surface area contributed by atoms with Crippen LogP contribution in [0.4, 0.5) is 0 Å². The molecule has 2 heterocycles. The lowest BCUT2D eigenvalue weighted by Crippen LogP contribution is -2.56. The van der Waals surface area contributed by atoms with Crippen molar-refractivity contribution < 1.29 is 14.3 Å². The molecule has 17 heavy (non-hydrogen) atoms. The maximum atomic E-state index is 12.0. The van der Waals surface area contributed by atoms with Crippen molar-refractivity contribution in [2.24, 2.45) is 5.41 Å². The topological polar surface area (TPSA) is 48.4 Å². The molecule has 0 unspecified atom stereocenters. The summed E-state index contributed by atoms with van der Waals surface area (Å²) in [7, 11) is 1.46. The highest BCUT2D eigenvalue weighted by Crippen LogP contribution is 2.62. The van der Waals surface area contributed by atoms with Gasteiger partial charge >= 0.3 is 5.97 Å². The Bertz CT molecular complexity index is 435. The number of pyridine rings is 1. The first-order chi connectivity index (χ1) is 8.25. The van der Waals surface area contributed by atoms with Gasteiger partial charge < -0.3 is 9.47 Å². The lowest BCUT2D eigenvalue weighted by molar-refractivity contribution is -0.164. The van der Waals surface area contributed by atoms with Gasteiger partial charge in [-0.25, -0.2) is 0 Å². The van der Waals surface area contributed by atoms with Gasteiger partial charge in [0.2, 0.25) is 0 Å². The summed E-state index contributed by atoms with van der Waals surface area (Å²) in [6.45, 7) is 1.21. The molecule has 3 rings (SSSR count). The molecule has 0 atom stereocenters. The van der Waals surface area contributed by atoms with Gasteiger partial charge in [0.05, 0.1) is 31.2 Å². The lowest BCUT2D eigenvalue weighted by Gasteiger charge is -2.47. The zero-order valence-corrected chi connectivity index (χ0v) is 9.81. The summed E-state index contributed by atoms with van der Waals surface area (Å²) in [5, 5.41) is 0. The SMILES string of the molecule is COC(=O)C1(C2(c3ccncc3)COC2)CC1. The normalized spacial score (nSPS) is 23.6. The van der Waals surface area contributed by atoms with E-state index in [-0.39, 0.29) is 16.8 Å². The van der Waals surface area contributed by atoms with Crippen LogP contribution < -0.4 is 0 Å². The maximum Gasteiger partial charge on any atom is 0.312 e. The van der Waals surface area contributed by atoms with Crippen LogP contribution in [0.1, 0.15) is 18.4 Å². The predicted octanol–water partition coefficient (Wildman–Crippen LogP) is 1.30. The summed E-state index contributed by atoms with van der Waals surface area (Å²) >= 11 is 0. The summed E-state index contributed by atoms with van der Waals surface area (Å²) in [4.78, 5) is 16.0. The van der Waals surface area contributed by atoms with Crippen LogP contribution in [0.3, 0.4) is 0 Å². The zero-order valence-electron chi connectivity index (χ0n) is 9.81. The number of nitrogens with zero attached hydrogens (tertiary/aromatic N) is 1. The highest BCUT2D eigenvalue weighted by atomic mass is 16.5. The molecule has 2 fully saturated rings. The minimum atomic E-state index is -0.360. The molecule has 1 aliphatic carbocycles. The van der Waals surface area contributed by atoms with E-state index in [4.69, 9.17) is 9.47 Å². The first-order valence-corrected chi connectivity index (χ1v) is 5.82. The third kappa shape index (κ3) is 1.27. The Morgan fingerprint density at radius 2 is 2.00 bits per heavy atom. The zero-order chi connectivity index (χ0) is 11.9. The van der Waals surface area contributed by atoms with E-state index in [1.165, 1.54) is 7.11 Å². The molecule has 2 aliphatic rings. The fourth-order valence-electron chi connectivity index (χ4n) is 2.89. The van der Waals surface area contributed by atoms with Gasteiger partial charge in [0.15, 0.2) is 0 Å². The van der Waals surface area contributed by atoms with E-state index in [1.54, 1.807) is 12.4 Å². The van der Waals surface area contributed by atoms with Crippen LogP contribution in [-0.4, -0.2) is 31.3 Å². The van der Waals surface area contributed by atoms with Gasteiger partial charge in [-0.15, -0.1) is 0 Å². The highest BCUT2D eigenvalue weighted by Gasteiger charge is 2.68.